The Morgan fingerprint density at radius 3 is 0.857 bits per heavy atom. The molecule has 0 spiro atoms. The maximum atomic E-state index is 10.0. The molecule has 0 aliphatic carbocycles. The van der Waals surface area contributed by atoms with E-state index in [1.54, 1.807) is 36.4 Å². The fourth-order valence-corrected chi connectivity index (χ4v) is 1.10. The number of halogens is 4. The third-order valence-electron chi connectivity index (χ3n) is 1.93. The number of hydrogen-bond acceptors (Lipinski definition) is 8. The molecular formula is C12H10Cl4N2O8S2. The number of para-hydroxylation sites is 2. The fraction of sp³-hybridized carbons (Fsp3) is 0. The van der Waals surface area contributed by atoms with Gasteiger partial charge in [0.2, 0.25) is 0 Å². The van der Waals surface area contributed by atoms with Gasteiger partial charge >= 0.3 is 16.5 Å². The van der Waals surface area contributed by atoms with Crippen LogP contribution in [0.1, 0.15) is 0 Å². The van der Waals surface area contributed by atoms with Crippen molar-refractivity contribution in [1.29, 1.82) is 0 Å². The highest BCUT2D eigenvalue weighted by molar-refractivity contribution is 8.31. The SMILES string of the molecule is O=S(=O)(Cl)Cl.O=S(=O)(Cl)Cl.O=[N+]([O-])c1ccccc1.O=[N+]([O-])c1ccccc1. The summed E-state index contributed by atoms with van der Waals surface area (Å²) < 4.78 is 36.7. The molecule has 2 rings (SSSR count). The summed E-state index contributed by atoms with van der Waals surface area (Å²) >= 11 is 0. The van der Waals surface area contributed by atoms with Gasteiger partial charge < -0.3 is 0 Å². The van der Waals surface area contributed by atoms with Crippen molar-refractivity contribution in [2.24, 2.45) is 0 Å². The van der Waals surface area contributed by atoms with E-state index in [-0.39, 0.29) is 11.4 Å². The van der Waals surface area contributed by atoms with Crippen molar-refractivity contribution in [2.75, 3.05) is 0 Å². The van der Waals surface area contributed by atoms with E-state index in [4.69, 9.17) is 16.8 Å². The minimum atomic E-state index is -3.72. The molecular weight excluding hydrogens is 506 g/mol. The van der Waals surface area contributed by atoms with Crippen LogP contribution >= 0.6 is 42.7 Å². The van der Waals surface area contributed by atoms with Crippen LogP contribution in [-0.4, -0.2) is 26.7 Å². The molecule has 0 aliphatic heterocycles. The van der Waals surface area contributed by atoms with Crippen LogP contribution in [0.3, 0.4) is 0 Å². The lowest BCUT2D eigenvalue weighted by atomic mass is 10.3. The third-order valence-corrected chi connectivity index (χ3v) is 1.93. The van der Waals surface area contributed by atoms with E-state index in [2.05, 4.69) is 42.7 Å². The predicted octanol–water partition coefficient (Wildman–Crippen LogP) is 4.61. The quantitative estimate of drug-likeness (QED) is 0.319. The first-order chi connectivity index (χ1) is 12.6. The van der Waals surface area contributed by atoms with Gasteiger partial charge in [-0.2, -0.15) is 16.8 Å². The molecule has 0 aliphatic rings. The Labute approximate surface area is 177 Å². The summed E-state index contributed by atoms with van der Waals surface area (Å²) in [6.07, 6.45) is 0. The van der Waals surface area contributed by atoms with E-state index in [1.165, 1.54) is 24.3 Å². The molecule has 0 unspecified atom stereocenters. The normalized spacial score (nSPS) is 9.86. The van der Waals surface area contributed by atoms with E-state index in [1.807, 2.05) is 0 Å². The number of nitro benzene ring substituents is 2. The predicted molar refractivity (Wildman–Crippen MR) is 107 cm³/mol. The lowest BCUT2D eigenvalue weighted by Crippen LogP contribution is -1.84. The fourth-order valence-electron chi connectivity index (χ4n) is 1.10. The topological polar surface area (TPSA) is 155 Å². The van der Waals surface area contributed by atoms with Crippen LogP contribution < -0.4 is 0 Å². The lowest BCUT2D eigenvalue weighted by molar-refractivity contribution is -0.385. The molecule has 0 heterocycles. The second-order valence-electron chi connectivity index (χ2n) is 3.94. The van der Waals surface area contributed by atoms with Crippen molar-refractivity contribution in [3.63, 3.8) is 0 Å². The summed E-state index contributed by atoms with van der Waals surface area (Å²) in [7, 11) is 9.63. The van der Waals surface area contributed by atoms with Gasteiger partial charge in [-0.1, -0.05) is 36.4 Å². The van der Waals surface area contributed by atoms with Gasteiger partial charge in [-0.05, 0) is 0 Å². The Morgan fingerprint density at radius 2 is 0.750 bits per heavy atom. The van der Waals surface area contributed by atoms with E-state index in [0.29, 0.717) is 0 Å². The minimum Gasteiger partial charge on any atom is -0.258 e. The zero-order valence-electron chi connectivity index (χ0n) is 13.3. The molecule has 0 amide bonds. The number of rotatable bonds is 2. The summed E-state index contributed by atoms with van der Waals surface area (Å²) in [5.41, 5.74) is 0.273. The Morgan fingerprint density at radius 1 is 0.571 bits per heavy atom. The first-order valence-electron chi connectivity index (χ1n) is 6.28. The molecule has 156 valence electrons. The van der Waals surface area contributed by atoms with Gasteiger partial charge in [-0.25, -0.2) is 0 Å². The minimum absolute atomic E-state index is 0.137. The molecule has 0 N–H and O–H groups in total. The number of benzene rings is 2. The van der Waals surface area contributed by atoms with Crippen LogP contribution in [0.2, 0.25) is 0 Å². The molecule has 10 nitrogen and oxygen atoms in total. The average molecular weight is 516 g/mol. The standard InChI is InChI=1S/2C6H5NO2.2Cl2O2S/c2*8-7(9)6-4-2-1-3-5-6;2*1-5(2,3)4/h2*1-5H;;. The Bertz CT molecular complexity index is 847. The van der Waals surface area contributed by atoms with Gasteiger partial charge in [0.1, 0.15) is 0 Å². The molecule has 0 fully saturated rings. The molecule has 0 saturated heterocycles. The number of nitro groups is 2. The van der Waals surface area contributed by atoms with Crippen LogP contribution in [0.5, 0.6) is 0 Å². The van der Waals surface area contributed by atoms with Crippen molar-refractivity contribution in [3.8, 4) is 0 Å². The summed E-state index contributed by atoms with van der Waals surface area (Å²) in [5, 5.41) is 20.0. The average Bonchev–Trinajstić information content (AvgIpc) is 2.54. The van der Waals surface area contributed by atoms with Crippen molar-refractivity contribution in [3.05, 3.63) is 80.9 Å². The third kappa shape index (κ3) is 26.5. The zero-order valence-corrected chi connectivity index (χ0v) is 17.9. The largest absolute Gasteiger partial charge is 0.317 e. The first kappa shape index (κ1) is 28.5. The zero-order chi connectivity index (χ0) is 22.4. The van der Waals surface area contributed by atoms with Crippen molar-refractivity contribution >= 4 is 70.6 Å². The van der Waals surface area contributed by atoms with Gasteiger partial charge in [0.25, 0.3) is 11.4 Å². The van der Waals surface area contributed by atoms with E-state index >= 15 is 0 Å². The maximum Gasteiger partial charge on any atom is 0.317 e. The monoisotopic (exact) mass is 514 g/mol. The summed E-state index contributed by atoms with van der Waals surface area (Å²) in [4.78, 5) is 19.2. The van der Waals surface area contributed by atoms with E-state index in [9.17, 15) is 20.2 Å². The Hall–Kier alpha value is -1.70. The van der Waals surface area contributed by atoms with Gasteiger partial charge in [0.05, 0.1) is 9.85 Å². The molecule has 0 bridgehead atoms. The number of hydrogen-bond donors (Lipinski definition) is 0. The maximum absolute atomic E-state index is 10.0. The van der Waals surface area contributed by atoms with E-state index < -0.39 is 26.4 Å². The van der Waals surface area contributed by atoms with Gasteiger partial charge in [0, 0.05) is 67.0 Å². The van der Waals surface area contributed by atoms with Gasteiger partial charge in [0.15, 0.2) is 0 Å². The number of nitrogens with zero attached hydrogens (tertiary/aromatic N) is 2. The second-order valence-corrected chi connectivity index (χ2v) is 11.3. The van der Waals surface area contributed by atoms with E-state index in [0.717, 1.165) is 0 Å². The lowest BCUT2D eigenvalue weighted by Gasteiger charge is -1.85. The smallest absolute Gasteiger partial charge is 0.258 e. The van der Waals surface area contributed by atoms with Crippen LogP contribution in [-0.2, 0) is 16.5 Å². The van der Waals surface area contributed by atoms with Crippen LogP contribution in [0.25, 0.3) is 0 Å². The molecule has 2 aromatic carbocycles. The van der Waals surface area contributed by atoms with Gasteiger partial charge in [-0.3, -0.25) is 20.2 Å². The summed E-state index contributed by atoms with van der Waals surface area (Å²) in [5.74, 6) is 0. The van der Waals surface area contributed by atoms with Crippen molar-refractivity contribution in [1.82, 2.24) is 0 Å². The van der Waals surface area contributed by atoms with Crippen LogP contribution in [0, 0.1) is 20.2 Å². The van der Waals surface area contributed by atoms with Crippen LogP contribution in [0.4, 0.5) is 11.4 Å². The highest BCUT2D eigenvalue weighted by Crippen LogP contribution is 2.07. The molecule has 0 radical (unpaired) electrons. The van der Waals surface area contributed by atoms with Crippen LogP contribution in [0.15, 0.2) is 60.7 Å². The van der Waals surface area contributed by atoms with Crippen molar-refractivity contribution < 1.29 is 26.7 Å². The Kier molecular flexibility index (Phi) is 14.6. The molecule has 0 saturated carbocycles. The first-order valence-corrected chi connectivity index (χ1v) is 12.6. The summed E-state index contributed by atoms with van der Waals surface area (Å²) in [6.45, 7) is 0. The highest BCUT2D eigenvalue weighted by Gasteiger charge is 1.99. The molecule has 28 heavy (non-hydrogen) atoms. The number of non-ortho nitro benzene ring substituents is 2. The molecule has 0 aromatic heterocycles. The second kappa shape index (κ2) is 14.3. The highest BCUT2D eigenvalue weighted by atomic mass is 36.0. The van der Waals surface area contributed by atoms with Crippen molar-refractivity contribution in [2.45, 2.75) is 0 Å². The molecule has 0 atom stereocenters. The molecule has 2 aromatic rings. The molecule has 16 heteroatoms. The Balaban J connectivity index is 0. The van der Waals surface area contributed by atoms with Gasteiger partial charge in [-0.15, -0.1) is 0 Å². The summed E-state index contributed by atoms with van der Waals surface area (Å²) in [6, 6.07) is 15.9.